The van der Waals surface area contributed by atoms with Crippen LogP contribution in [0.25, 0.3) is 17.2 Å². The van der Waals surface area contributed by atoms with Crippen molar-refractivity contribution in [2.75, 3.05) is 20.3 Å². The first-order chi connectivity index (χ1) is 18.2. The molecule has 0 spiro atoms. The van der Waals surface area contributed by atoms with Crippen LogP contribution in [0.1, 0.15) is 28.2 Å². The number of ether oxygens (including phenoxy) is 3. The van der Waals surface area contributed by atoms with Crippen molar-refractivity contribution >= 4 is 12.2 Å². The van der Waals surface area contributed by atoms with Crippen molar-refractivity contribution in [2.24, 2.45) is 0 Å². The highest BCUT2D eigenvalue weighted by atomic mass is 16.5. The smallest absolute Gasteiger partial charge is 0.407 e. The zero-order chi connectivity index (χ0) is 25.5. The lowest BCUT2D eigenvalue weighted by atomic mass is 9.98. The van der Waals surface area contributed by atoms with E-state index in [2.05, 4.69) is 29.6 Å². The van der Waals surface area contributed by atoms with Crippen LogP contribution in [0.4, 0.5) is 4.79 Å². The molecule has 0 saturated heterocycles. The third-order valence-corrected chi connectivity index (χ3v) is 6.44. The van der Waals surface area contributed by atoms with E-state index in [1.54, 1.807) is 7.11 Å². The number of fused-ring (bicyclic) bond motifs is 3. The monoisotopic (exact) mass is 491 g/mol. The van der Waals surface area contributed by atoms with Gasteiger partial charge in [-0.3, -0.25) is 0 Å². The number of carbonyl (C=O) groups is 1. The van der Waals surface area contributed by atoms with E-state index in [9.17, 15) is 4.79 Å². The number of hydrogen-bond donors (Lipinski definition) is 1. The zero-order valence-corrected chi connectivity index (χ0v) is 20.7. The number of methoxy groups -OCH3 is 1. The minimum absolute atomic E-state index is 0.0438. The van der Waals surface area contributed by atoms with Gasteiger partial charge in [0.1, 0.15) is 13.2 Å². The van der Waals surface area contributed by atoms with Crippen LogP contribution in [0.5, 0.6) is 11.5 Å². The Labute approximate surface area is 217 Å². The Balaban J connectivity index is 1.14. The molecular formula is C32H29NO4. The van der Waals surface area contributed by atoms with Gasteiger partial charge in [0.05, 0.1) is 7.11 Å². The summed E-state index contributed by atoms with van der Waals surface area (Å²) in [6.07, 6.45) is 3.37. The average molecular weight is 492 g/mol. The molecule has 4 aromatic rings. The minimum Gasteiger partial charge on any atom is -0.493 e. The van der Waals surface area contributed by atoms with Crippen LogP contribution in [-0.2, 0) is 11.3 Å². The molecule has 186 valence electrons. The number of hydrogen-bond acceptors (Lipinski definition) is 4. The largest absolute Gasteiger partial charge is 0.493 e. The van der Waals surface area contributed by atoms with Crippen molar-refractivity contribution in [3.63, 3.8) is 0 Å². The van der Waals surface area contributed by atoms with E-state index in [0.717, 1.165) is 11.1 Å². The maximum Gasteiger partial charge on any atom is 0.407 e. The summed E-state index contributed by atoms with van der Waals surface area (Å²) in [6.45, 7) is 1.10. The van der Waals surface area contributed by atoms with Crippen LogP contribution in [0.3, 0.4) is 0 Å². The molecule has 0 radical (unpaired) electrons. The minimum atomic E-state index is -0.437. The van der Waals surface area contributed by atoms with Gasteiger partial charge < -0.3 is 19.5 Å². The molecule has 1 amide bonds. The molecule has 0 heterocycles. The van der Waals surface area contributed by atoms with Crippen LogP contribution < -0.4 is 14.8 Å². The SMILES string of the molecule is COc1ccc(C=CCNC(=O)OCC2c3ccccc3-c3ccccc32)cc1OCc1ccccc1. The van der Waals surface area contributed by atoms with Gasteiger partial charge in [0.2, 0.25) is 0 Å². The molecule has 0 aromatic heterocycles. The van der Waals surface area contributed by atoms with E-state index >= 15 is 0 Å². The highest BCUT2D eigenvalue weighted by Crippen LogP contribution is 2.44. The molecule has 5 heteroatoms. The number of benzene rings is 4. The molecule has 37 heavy (non-hydrogen) atoms. The van der Waals surface area contributed by atoms with Gasteiger partial charge in [0.15, 0.2) is 11.5 Å². The van der Waals surface area contributed by atoms with Crippen LogP contribution in [-0.4, -0.2) is 26.4 Å². The number of carbonyl (C=O) groups excluding carboxylic acids is 1. The van der Waals surface area contributed by atoms with Gasteiger partial charge in [-0.25, -0.2) is 4.79 Å². The van der Waals surface area contributed by atoms with E-state index < -0.39 is 6.09 Å². The first-order valence-electron chi connectivity index (χ1n) is 12.3. The summed E-state index contributed by atoms with van der Waals surface area (Å²) in [4.78, 5) is 12.4. The molecule has 1 aliphatic rings. The van der Waals surface area contributed by atoms with E-state index in [1.807, 2.05) is 84.9 Å². The highest BCUT2D eigenvalue weighted by Gasteiger charge is 2.28. The third-order valence-electron chi connectivity index (χ3n) is 6.44. The lowest BCUT2D eigenvalue weighted by Gasteiger charge is -2.14. The lowest BCUT2D eigenvalue weighted by Crippen LogP contribution is -2.26. The average Bonchev–Trinajstić information content (AvgIpc) is 3.27. The Kier molecular flexibility index (Phi) is 7.51. The summed E-state index contributed by atoms with van der Waals surface area (Å²) in [5.74, 6) is 1.38. The quantitative estimate of drug-likeness (QED) is 0.279. The first-order valence-corrected chi connectivity index (χ1v) is 12.3. The normalized spacial score (nSPS) is 12.1. The Morgan fingerprint density at radius 1 is 0.838 bits per heavy atom. The second kappa shape index (κ2) is 11.5. The third kappa shape index (κ3) is 5.67. The van der Waals surface area contributed by atoms with Crippen molar-refractivity contribution < 1.29 is 19.0 Å². The number of alkyl carbamates (subject to hydrolysis) is 1. The fourth-order valence-electron chi connectivity index (χ4n) is 4.63. The summed E-state index contributed by atoms with van der Waals surface area (Å²) < 4.78 is 17.0. The van der Waals surface area contributed by atoms with Gasteiger partial charge in [-0.05, 0) is 45.5 Å². The second-order valence-electron chi connectivity index (χ2n) is 8.79. The van der Waals surface area contributed by atoms with Gasteiger partial charge in [-0.1, -0.05) is 97.1 Å². The molecule has 0 atom stereocenters. The fourth-order valence-corrected chi connectivity index (χ4v) is 4.63. The predicted octanol–water partition coefficient (Wildman–Crippen LogP) is 6.83. The summed E-state index contributed by atoms with van der Waals surface area (Å²) >= 11 is 0. The predicted molar refractivity (Wildman–Crippen MR) is 146 cm³/mol. The van der Waals surface area contributed by atoms with Crippen molar-refractivity contribution in [1.29, 1.82) is 0 Å². The maximum absolute atomic E-state index is 12.4. The van der Waals surface area contributed by atoms with Gasteiger partial charge >= 0.3 is 6.09 Å². The van der Waals surface area contributed by atoms with Crippen LogP contribution in [0.15, 0.2) is 103 Å². The van der Waals surface area contributed by atoms with Crippen molar-refractivity contribution in [2.45, 2.75) is 12.5 Å². The van der Waals surface area contributed by atoms with Gasteiger partial charge in [0, 0.05) is 12.5 Å². The standard InChI is InChI=1S/C32H29NO4/c1-35-30-18-17-23(20-31(30)36-21-24-10-3-2-4-11-24)12-9-19-33-32(34)37-22-29-27-15-7-5-13-25(27)26-14-6-8-16-28(26)29/h2-18,20,29H,19,21-22H2,1H3,(H,33,34). The summed E-state index contributed by atoms with van der Waals surface area (Å²) in [5, 5.41) is 2.80. The summed E-state index contributed by atoms with van der Waals surface area (Å²) in [7, 11) is 1.62. The van der Waals surface area contributed by atoms with E-state index in [0.29, 0.717) is 31.3 Å². The van der Waals surface area contributed by atoms with Crippen LogP contribution >= 0.6 is 0 Å². The molecule has 0 unspecified atom stereocenters. The molecule has 1 aliphatic carbocycles. The van der Waals surface area contributed by atoms with Gasteiger partial charge in [-0.15, -0.1) is 0 Å². The Morgan fingerprint density at radius 3 is 2.22 bits per heavy atom. The second-order valence-corrected chi connectivity index (χ2v) is 8.79. The lowest BCUT2D eigenvalue weighted by molar-refractivity contribution is 0.144. The molecule has 4 aromatic carbocycles. The molecule has 1 N–H and O–H groups in total. The molecule has 5 rings (SSSR count). The summed E-state index contributed by atoms with van der Waals surface area (Å²) in [5.41, 5.74) is 6.83. The van der Waals surface area contributed by atoms with E-state index in [1.165, 1.54) is 22.3 Å². The number of nitrogens with one attached hydrogen (secondary N) is 1. The number of rotatable bonds is 9. The van der Waals surface area contributed by atoms with Gasteiger partial charge in [-0.2, -0.15) is 0 Å². The Morgan fingerprint density at radius 2 is 1.51 bits per heavy atom. The van der Waals surface area contributed by atoms with Crippen molar-refractivity contribution in [1.82, 2.24) is 5.32 Å². The summed E-state index contributed by atoms with van der Waals surface area (Å²) in [6, 6.07) is 32.3. The van der Waals surface area contributed by atoms with Gasteiger partial charge in [0.25, 0.3) is 0 Å². The molecular weight excluding hydrogens is 462 g/mol. The highest BCUT2D eigenvalue weighted by molar-refractivity contribution is 5.79. The molecule has 5 nitrogen and oxygen atoms in total. The van der Waals surface area contributed by atoms with Crippen molar-refractivity contribution in [3.05, 3.63) is 125 Å². The molecule has 0 saturated carbocycles. The molecule has 0 bridgehead atoms. The fraction of sp³-hybridized carbons (Fsp3) is 0.156. The topological polar surface area (TPSA) is 56.8 Å². The maximum atomic E-state index is 12.4. The first kappa shape index (κ1) is 24.2. The molecule has 0 aliphatic heterocycles. The van der Waals surface area contributed by atoms with E-state index in [4.69, 9.17) is 14.2 Å². The number of amides is 1. The van der Waals surface area contributed by atoms with Crippen LogP contribution in [0, 0.1) is 0 Å². The van der Waals surface area contributed by atoms with E-state index in [-0.39, 0.29) is 5.92 Å². The van der Waals surface area contributed by atoms with Crippen LogP contribution in [0.2, 0.25) is 0 Å². The Hall–Kier alpha value is -4.51. The zero-order valence-electron chi connectivity index (χ0n) is 20.7. The molecule has 0 fully saturated rings. The Bertz CT molecular complexity index is 1350. The van der Waals surface area contributed by atoms with Crippen molar-refractivity contribution in [3.8, 4) is 22.6 Å².